The van der Waals surface area contributed by atoms with E-state index in [-0.39, 0.29) is 12.0 Å². The van der Waals surface area contributed by atoms with Crippen molar-refractivity contribution in [1.82, 2.24) is 4.90 Å². The van der Waals surface area contributed by atoms with Crippen molar-refractivity contribution in [3.8, 4) is 0 Å². The number of carbonyl (C=O) groups excluding carboxylic acids is 1. The number of ether oxygens (including phenoxy) is 1. The first kappa shape index (κ1) is 17.4. The first-order chi connectivity index (χ1) is 11.6. The number of nitrogens with zero attached hydrogens (tertiary/aromatic N) is 1. The molecule has 0 radical (unpaired) electrons. The first-order valence-electron chi connectivity index (χ1n) is 9.32. The molecule has 1 atom stereocenters. The second kappa shape index (κ2) is 7.66. The standard InChI is InChI=1S/C20H30N2O2/c1-16-6-8-17(9-7-16)10-13-22(15-18-5-4-14-24-18)19(23)20(21)11-2-3-12-20/h6-9,18H,2-5,10-15,21H2,1H3. The van der Waals surface area contributed by atoms with Gasteiger partial charge in [0.2, 0.25) is 5.91 Å². The molecule has 1 saturated heterocycles. The highest BCUT2D eigenvalue weighted by Crippen LogP contribution is 2.29. The van der Waals surface area contributed by atoms with Gasteiger partial charge in [-0.2, -0.15) is 0 Å². The molecular weight excluding hydrogens is 300 g/mol. The molecule has 1 amide bonds. The average molecular weight is 330 g/mol. The molecule has 3 rings (SSSR count). The van der Waals surface area contributed by atoms with Crippen molar-refractivity contribution in [2.45, 2.75) is 63.5 Å². The summed E-state index contributed by atoms with van der Waals surface area (Å²) in [6.45, 7) is 4.32. The maximum Gasteiger partial charge on any atom is 0.242 e. The van der Waals surface area contributed by atoms with Gasteiger partial charge in [-0.3, -0.25) is 4.79 Å². The van der Waals surface area contributed by atoms with Gasteiger partial charge in [0, 0.05) is 19.7 Å². The summed E-state index contributed by atoms with van der Waals surface area (Å²) in [6.07, 6.45) is 6.95. The Balaban J connectivity index is 1.66. The average Bonchev–Trinajstić information content (AvgIpc) is 3.24. The van der Waals surface area contributed by atoms with Gasteiger partial charge in [-0.25, -0.2) is 0 Å². The van der Waals surface area contributed by atoms with E-state index in [4.69, 9.17) is 10.5 Å². The van der Waals surface area contributed by atoms with Crippen molar-refractivity contribution in [2.24, 2.45) is 5.73 Å². The largest absolute Gasteiger partial charge is 0.376 e. The Bertz CT molecular complexity index is 543. The fraction of sp³-hybridized carbons (Fsp3) is 0.650. The molecule has 1 heterocycles. The highest BCUT2D eigenvalue weighted by atomic mass is 16.5. The van der Waals surface area contributed by atoms with Crippen LogP contribution in [-0.4, -0.2) is 42.1 Å². The van der Waals surface area contributed by atoms with Crippen LogP contribution in [0.2, 0.25) is 0 Å². The lowest BCUT2D eigenvalue weighted by Gasteiger charge is -2.33. The third-order valence-electron chi connectivity index (χ3n) is 5.45. The summed E-state index contributed by atoms with van der Waals surface area (Å²) < 4.78 is 5.76. The molecule has 0 bridgehead atoms. The predicted octanol–water partition coefficient (Wildman–Crippen LogP) is 2.82. The second-order valence-electron chi connectivity index (χ2n) is 7.49. The lowest BCUT2D eigenvalue weighted by Crippen LogP contribution is -2.55. The summed E-state index contributed by atoms with van der Waals surface area (Å²) in [6, 6.07) is 8.56. The molecule has 2 N–H and O–H groups in total. The van der Waals surface area contributed by atoms with E-state index in [1.165, 1.54) is 11.1 Å². The zero-order valence-corrected chi connectivity index (χ0v) is 14.8. The number of nitrogens with two attached hydrogens (primary N) is 1. The molecule has 1 unspecified atom stereocenters. The molecule has 2 aliphatic rings. The SMILES string of the molecule is Cc1ccc(CCN(CC2CCCO2)C(=O)C2(N)CCCC2)cc1. The number of amides is 1. The summed E-state index contributed by atoms with van der Waals surface area (Å²) in [5.74, 6) is 0.127. The molecular formula is C20H30N2O2. The Labute approximate surface area is 145 Å². The number of aryl methyl sites for hydroxylation is 1. The van der Waals surface area contributed by atoms with Crippen molar-refractivity contribution < 1.29 is 9.53 Å². The monoisotopic (exact) mass is 330 g/mol. The molecule has 2 fully saturated rings. The van der Waals surface area contributed by atoms with Crippen LogP contribution in [0.1, 0.15) is 49.7 Å². The molecule has 132 valence electrons. The van der Waals surface area contributed by atoms with E-state index in [1.807, 2.05) is 4.90 Å². The molecule has 24 heavy (non-hydrogen) atoms. The van der Waals surface area contributed by atoms with Gasteiger partial charge in [0.25, 0.3) is 0 Å². The highest BCUT2D eigenvalue weighted by molar-refractivity contribution is 5.86. The number of hydrogen-bond acceptors (Lipinski definition) is 3. The number of rotatable bonds is 6. The summed E-state index contributed by atoms with van der Waals surface area (Å²) >= 11 is 0. The lowest BCUT2D eigenvalue weighted by molar-refractivity contribution is -0.138. The molecule has 4 nitrogen and oxygen atoms in total. The molecule has 0 aromatic heterocycles. The smallest absolute Gasteiger partial charge is 0.242 e. The molecule has 1 aromatic rings. The molecule has 1 saturated carbocycles. The molecule has 1 aliphatic carbocycles. The zero-order chi connectivity index (χ0) is 17.0. The van der Waals surface area contributed by atoms with Crippen molar-refractivity contribution in [3.63, 3.8) is 0 Å². The molecule has 1 aromatic carbocycles. The van der Waals surface area contributed by atoms with E-state index < -0.39 is 5.54 Å². The topological polar surface area (TPSA) is 55.6 Å². The summed E-state index contributed by atoms with van der Waals surface area (Å²) in [4.78, 5) is 15.0. The van der Waals surface area contributed by atoms with Crippen LogP contribution in [0.4, 0.5) is 0 Å². The van der Waals surface area contributed by atoms with E-state index in [2.05, 4.69) is 31.2 Å². The van der Waals surface area contributed by atoms with Gasteiger partial charge in [0.1, 0.15) is 0 Å². The Hall–Kier alpha value is -1.39. The third-order valence-corrected chi connectivity index (χ3v) is 5.45. The van der Waals surface area contributed by atoms with Gasteiger partial charge in [0.15, 0.2) is 0 Å². The molecule has 1 aliphatic heterocycles. The number of benzene rings is 1. The summed E-state index contributed by atoms with van der Waals surface area (Å²) in [5, 5.41) is 0. The molecule has 0 spiro atoms. The van der Waals surface area contributed by atoms with Crippen molar-refractivity contribution in [1.29, 1.82) is 0 Å². The minimum Gasteiger partial charge on any atom is -0.376 e. The van der Waals surface area contributed by atoms with Gasteiger partial charge >= 0.3 is 0 Å². The Morgan fingerprint density at radius 2 is 1.96 bits per heavy atom. The minimum atomic E-state index is -0.647. The van der Waals surface area contributed by atoms with Gasteiger partial charge in [0.05, 0.1) is 11.6 Å². The fourth-order valence-corrected chi connectivity index (χ4v) is 3.86. The van der Waals surface area contributed by atoms with E-state index in [0.717, 1.165) is 58.1 Å². The molecule has 4 heteroatoms. The lowest BCUT2D eigenvalue weighted by atomic mass is 9.96. The van der Waals surface area contributed by atoms with E-state index in [1.54, 1.807) is 0 Å². The van der Waals surface area contributed by atoms with Crippen LogP contribution in [0.15, 0.2) is 24.3 Å². The van der Waals surface area contributed by atoms with Gasteiger partial charge in [-0.1, -0.05) is 42.7 Å². The van der Waals surface area contributed by atoms with E-state index in [0.29, 0.717) is 6.54 Å². The number of hydrogen-bond donors (Lipinski definition) is 1. The van der Waals surface area contributed by atoms with Crippen molar-refractivity contribution >= 4 is 5.91 Å². The predicted molar refractivity (Wildman–Crippen MR) is 95.8 cm³/mol. The summed E-state index contributed by atoms with van der Waals surface area (Å²) in [5.41, 5.74) is 8.32. The normalized spacial score (nSPS) is 22.7. The van der Waals surface area contributed by atoms with Crippen LogP contribution in [0.3, 0.4) is 0 Å². The fourth-order valence-electron chi connectivity index (χ4n) is 3.86. The maximum atomic E-state index is 13.1. The maximum absolute atomic E-state index is 13.1. The van der Waals surface area contributed by atoms with Crippen LogP contribution in [0.25, 0.3) is 0 Å². The van der Waals surface area contributed by atoms with Gasteiger partial charge in [-0.05, 0) is 44.6 Å². The number of carbonyl (C=O) groups is 1. The van der Waals surface area contributed by atoms with Crippen LogP contribution >= 0.6 is 0 Å². The first-order valence-corrected chi connectivity index (χ1v) is 9.32. The van der Waals surface area contributed by atoms with Crippen molar-refractivity contribution in [3.05, 3.63) is 35.4 Å². The quantitative estimate of drug-likeness (QED) is 0.872. The minimum absolute atomic E-state index is 0.127. The Morgan fingerprint density at radius 3 is 2.58 bits per heavy atom. The Kier molecular flexibility index (Phi) is 5.57. The highest BCUT2D eigenvalue weighted by Gasteiger charge is 2.40. The third kappa shape index (κ3) is 4.17. The van der Waals surface area contributed by atoms with Crippen molar-refractivity contribution in [2.75, 3.05) is 19.7 Å². The zero-order valence-electron chi connectivity index (χ0n) is 14.8. The Morgan fingerprint density at radius 1 is 1.25 bits per heavy atom. The van der Waals surface area contributed by atoms with Gasteiger partial charge in [-0.15, -0.1) is 0 Å². The van der Waals surface area contributed by atoms with Crippen LogP contribution in [0.5, 0.6) is 0 Å². The van der Waals surface area contributed by atoms with Gasteiger partial charge < -0.3 is 15.4 Å². The van der Waals surface area contributed by atoms with E-state index >= 15 is 0 Å². The van der Waals surface area contributed by atoms with E-state index in [9.17, 15) is 4.79 Å². The van der Waals surface area contributed by atoms with Crippen LogP contribution in [-0.2, 0) is 16.0 Å². The van der Waals surface area contributed by atoms with Crippen LogP contribution in [0, 0.1) is 6.92 Å². The summed E-state index contributed by atoms with van der Waals surface area (Å²) in [7, 11) is 0. The second-order valence-corrected chi connectivity index (χ2v) is 7.49. The van der Waals surface area contributed by atoms with Crippen LogP contribution < -0.4 is 5.73 Å².